The number of hydrogen-bond acceptors (Lipinski definition) is 2. The number of hydrogen-bond donors (Lipinski definition) is 0. The molecular weight excluding hydrogens is 695 g/mol. The van der Waals surface area contributed by atoms with E-state index in [0.717, 1.165) is 17.1 Å². The molecule has 10 aromatic carbocycles. The fourth-order valence-corrected chi connectivity index (χ4v) is 9.79. The van der Waals surface area contributed by atoms with Crippen molar-refractivity contribution in [2.45, 2.75) is 0 Å². The number of benzene rings is 10. The van der Waals surface area contributed by atoms with Gasteiger partial charge in [-0.2, -0.15) is 0 Å². The molecule has 0 spiro atoms. The molecule has 0 amide bonds. The van der Waals surface area contributed by atoms with E-state index >= 15 is 0 Å². The minimum Gasteiger partial charge on any atom is -0.310 e. The van der Waals surface area contributed by atoms with Crippen LogP contribution in [0.2, 0.25) is 0 Å². The van der Waals surface area contributed by atoms with Crippen LogP contribution in [0.3, 0.4) is 0 Å². The van der Waals surface area contributed by atoms with Crippen molar-refractivity contribution in [2.24, 2.45) is 0 Å². The minimum atomic E-state index is 1.11. The molecule has 0 fully saturated rings. The lowest BCUT2D eigenvalue weighted by atomic mass is 9.90. The Morgan fingerprint density at radius 1 is 0.304 bits per heavy atom. The Balaban J connectivity index is 1.07. The summed E-state index contributed by atoms with van der Waals surface area (Å²) in [5.74, 6) is 0. The molecule has 0 atom stereocenters. The molecule has 2 heteroatoms. The highest BCUT2D eigenvalue weighted by molar-refractivity contribution is 7.26. The van der Waals surface area contributed by atoms with Gasteiger partial charge in [0.2, 0.25) is 0 Å². The lowest BCUT2D eigenvalue weighted by molar-refractivity contribution is 1.29. The first kappa shape index (κ1) is 32.4. The SMILES string of the molecule is c1ccc(-c2c(-c3ccc(N(c4ccc(-c5cccc6ccccc56)cc4)c4ccc5ccc6c7ccccc7sc6c5c4)cc3)ccc3ccccc23)cc1. The van der Waals surface area contributed by atoms with Crippen LogP contribution in [0.4, 0.5) is 17.1 Å². The lowest BCUT2D eigenvalue weighted by Crippen LogP contribution is -2.10. The summed E-state index contributed by atoms with van der Waals surface area (Å²) in [5, 5.41) is 10.2. The molecular formula is C54H35NS. The van der Waals surface area contributed by atoms with E-state index in [2.05, 4.69) is 217 Å². The highest BCUT2D eigenvalue weighted by Crippen LogP contribution is 2.44. The van der Waals surface area contributed by atoms with Crippen LogP contribution >= 0.6 is 11.3 Å². The average molecular weight is 730 g/mol. The van der Waals surface area contributed by atoms with Gasteiger partial charge in [0.05, 0.1) is 0 Å². The first-order valence-corrected chi connectivity index (χ1v) is 20.0. The van der Waals surface area contributed by atoms with Crippen LogP contribution in [0.25, 0.3) is 85.9 Å². The fraction of sp³-hybridized carbons (Fsp3) is 0. The van der Waals surface area contributed by atoms with Crippen LogP contribution in [-0.4, -0.2) is 0 Å². The van der Waals surface area contributed by atoms with E-state index < -0.39 is 0 Å². The molecule has 0 N–H and O–H groups in total. The van der Waals surface area contributed by atoms with Gasteiger partial charge in [0, 0.05) is 42.6 Å². The molecule has 0 saturated heterocycles. The van der Waals surface area contributed by atoms with E-state index in [4.69, 9.17) is 0 Å². The van der Waals surface area contributed by atoms with Crippen molar-refractivity contribution >= 4 is 80.9 Å². The third kappa shape index (κ3) is 5.46. The molecule has 0 aliphatic heterocycles. The second kappa shape index (κ2) is 13.4. The molecule has 11 rings (SSSR count). The summed E-state index contributed by atoms with van der Waals surface area (Å²) in [5.41, 5.74) is 10.7. The quantitative estimate of drug-likeness (QED) is 0.165. The van der Waals surface area contributed by atoms with Gasteiger partial charge >= 0.3 is 0 Å². The van der Waals surface area contributed by atoms with Crippen molar-refractivity contribution in [3.63, 3.8) is 0 Å². The standard InChI is InChI=1S/C54H35NS/c1-2-13-41(14-3-1)53-47-17-7-5-12-37(47)26-33-48(53)39-23-30-43(31-24-39)55(42-28-21-38(22-29-42)46-19-10-15-36-11-4-6-16-45(36)46)44-32-25-40-27-34-50-49-18-8-9-20-52(49)56-54(50)51(40)35-44/h1-35H. The van der Waals surface area contributed by atoms with Crippen molar-refractivity contribution < 1.29 is 0 Å². The average Bonchev–Trinajstić information content (AvgIpc) is 3.66. The van der Waals surface area contributed by atoms with Gasteiger partial charge in [-0.25, -0.2) is 0 Å². The predicted molar refractivity (Wildman–Crippen MR) is 243 cm³/mol. The number of nitrogens with zero attached hydrogens (tertiary/aromatic N) is 1. The second-order valence-corrected chi connectivity index (χ2v) is 15.5. The van der Waals surface area contributed by atoms with Crippen molar-refractivity contribution in [1.82, 2.24) is 0 Å². The van der Waals surface area contributed by atoms with E-state index in [-0.39, 0.29) is 0 Å². The van der Waals surface area contributed by atoms with Crippen LogP contribution in [0, 0.1) is 0 Å². The van der Waals surface area contributed by atoms with Gasteiger partial charge in [0.15, 0.2) is 0 Å². The van der Waals surface area contributed by atoms with Gasteiger partial charge in [-0.3, -0.25) is 0 Å². The zero-order valence-electron chi connectivity index (χ0n) is 30.6. The highest BCUT2D eigenvalue weighted by Gasteiger charge is 2.18. The molecule has 1 heterocycles. The Labute approximate surface area is 330 Å². The van der Waals surface area contributed by atoms with Crippen LogP contribution in [0.5, 0.6) is 0 Å². The maximum Gasteiger partial charge on any atom is 0.0468 e. The summed E-state index contributed by atoms with van der Waals surface area (Å²) < 4.78 is 2.65. The Hall–Kier alpha value is -7.00. The molecule has 1 aromatic heterocycles. The smallest absolute Gasteiger partial charge is 0.0468 e. The van der Waals surface area contributed by atoms with Crippen molar-refractivity contribution in [1.29, 1.82) is 0 Å². The first-order valence-electron chi connectivity index (χ1n) is 19.2. The lowest BCUT2D eigenvalue weighted by Gasteiger charge is -2.26. The normalized spacial score (nSPS) is 11.6. The Morgan fingerprint density at radius 2 is 0.857 bits per heavy atom. The maximum absolute atomic E-state index is 2.40. The third-order valence-electron chi connectivity index (χ3n) is 11.3. The second-order valence-electron chi connectivity index (χ2n) is 14.5. The van der Waals surface area contributed by atoms with Crippen molar-refractivity contribution in [3.05, 3.63) is 212 Å². The van der Waals surface area contributed by atoms with Crippen LogP contribution in [-0.2, 0) is 0 Å². The maximum atomic E-state index is 2.40. The number of rotatable bonds is 6. The van der Waals surface area contributed by atoms with E-state index in [1.54, 1.807) is 0 Å². The molecule has 1 nitrogen and oxygen atoms in total. The zero-order chi connectivity index (χ0) is 37.0. The van der Waals surface area contributed by atoms with Crippen LogP contribution in [0.15, 0.2) is 212 Å². The van der Waals surface area contributed by atoms with Gasteiger partial charge in [-0.05, 0) is 103 Å². The summed E-state index contributed by atoms with van der Waals surface area (Å²) in [6.45, 7) is 0. The molecule has 0 bridgehead atoms. The zero-order valence-corrected chi connectivity index (χ0v) is 31.4. The van der Waals surface area contributed by atoms with E-state index in [1.165, 1.54) is 85.9 Å². The predicted octanol–water partition coefficient (Wildman–Crippen LogP) is 16.0. The minimum absolute atomic E-state index is 1.11. The summed E-state index contributed by atoms with van der Waals surface area (Å²) in [6, 6.07) is 77.7. The van der Waals surface area contributed by atoms with Gasteiger partial charge in [0.1, 0.15) is 0 Å². The Bertz CT molecular complexity index is 3230. The van der Waals surface area contributed by atoms with Crippen LogP contribution in [0.1, 0.15) is 0 Å². The molecule has 0 unspecified atom stereocenters. The summed E-state index contributed by atoms with van der Waals surface area (Å²) in [7, 11) is 0. The molecule has 0 saturated carbocycles. The van der Waals surface area contributed by atoms with Gasteiger partial charge in [-0.15, -0.1) is 11.3 Å². The molecule has 0 radical (unpaired) electrons. The Morgan fingerprint density at radius 3 is 1.62 bits per heavy atom. The summed E-state index contributed by atoms with van der Waals surface area (Å²) >= 11 is 1.88. The number of anilines is 3. The number of fused-ring (bicyclic) bond motifs is 7. The number of thiophene rings is 1. The summed E-state index contributed by atoms with van der Waals surface area (Å²) in [4.78, 5) is 2.40. The van der Waals surface area contributed by atoms with E-state index in [9.17, 15) is 0 Å². The van der Waals surface area contributed by atoms with Gasteiger partial charge in [-0.1, -0.05) is 170 Å². The van der Waals surface area contributed by atoms with Crippen LogP contribution < -0.4 is 4.90 Å². The molecule has 11 aromatic rings. The summed E-state index contributed by atoms with van der Waals surface area (Å²) in [6.07, 6.45) is 0. The van der Waals surface area contributed by atoms with Gasteiger partial charge in [0.25, 0.3) is 0 Å². The molecule has 56 heavy (non-hydrogen) atoms. The van der Waals surface area contributed by atoms with Crippen molar-refractivity contribution in [3.8, 4) is 33.4 Å². The van der Waals surface area contributed by atoms with E-state index in [0.29, 0.717) is 0 Å². The third-order valence-corrected chi connectivity index (χ3v) is 12.5. The highest BCUT2D eigenvalue weighted by atomic mass is 32.1. The monoisotopic (exact) mass is 729 g/mol. The molecule has 0 aliphatic rings. The molecule has 262 valence electrons. The molecule has 0 aliphatic carbocycles. The van der Waals surface area contributed by atoms with Gasteiger partial charge < -0.3 is 4.90 Å². The van der Waals surface area contributed by atoms with E-state index in [1.807, 2.05) is 11.3 Å². The fourth-order valence-electron chi connectivity index (χ4n) is 8.56. The first-order chi connectivity index (χ1) is 27.8. The van der Waals surface area contributed by atoms with Crippen molar-refractivity contribution in [2.75, 3.05) is 4.90 Å². The Kier molecular flexibility index (Phi) is 7.75. The largest absolute Gasteiger partial charge is 0.310 e. The topological polar surface area (TPSA) is 3.24 Å².